The highest BCUT2D eigenvalue weighted by atomic mass is 16.6. The van der Waals surface area contributed by atoms with Crippen LogP contribution >= 0.6 is 0 Å². The van der Waals surface area contributed by atoms with Crippen LogP contribution in [0.15, 0.2) is 18.2 Å². The van der Waals surface area contributed by atoms with Gasteiger partial charge in [-0.3, -0.25) is 14.8 Å². The average molecular weight is 191 g/mol. The molecule has 0 atom stereocenters. The summed E-state index contributed by atoms with van der Waals surface area (Å²) in [6.07, 6.45) is 0. The number of fused-ring (bicyclic) bond motifs is 1. The lowest BCUT2D eigenvalue weighted by molar-refractivity contribution is -0.384. The summed E-state index contributed by atoms with van der Waals surface area (Å²) >= 11 is 0. The molecule has 1 heterocycles. The molecule has 5 heteroatoms. The van der Waals surface area contributed by atoms with Gasteiger partial charge in [0, 0.05) is 30.3 Å². The van der Waals surface area contributed by atoms with E-state index in [0.717, 1.165) is 16.6 Å². The molecule has 0 unspecified atom stereocenters. The maximum atomic E-state index is 10.5. The van der Waals surface area contributed by atoms with Crippen LogP contribution in [0.1, 0.15) is 5.69 Å². The van der Waals surface area contributed by atoms with Crippen LogP contribution in [0.4, 0.5) is 5.69 Å². The summed E-state index contributed by atoms with van der Waals surface area (Å²) in [6, 6.07) is 4.69. The first-order valence-corrected chi connectivity index (χ1v) is 4.17. The van der Waals surface area contributed by atoms with Crippen LogP contribution in [0.25, 0.3) is 10.9 Å². The molecule has 0 spiro atoms. The molecular formula is C9H9N3O2. The van der Waals surface area contributed by atoms with Gasteiger partial charge in [-0.1, -0.05) is 0 Å². The van der Waals surface area contributed by atoms with Gasteiger partial charge in [0.1, 0.15) is 0 Å². The highest BCUT2D eigenvalue weighted by Gasteiger charge is 2.10. The molecule has 14 heavy (non-hydrogen) atoms. The number of hydrogen-bond donors (Lipinski definition) is 0. The number of aryl methyl sites for hydroxylation is 2. The number of rotatable bonds is 1. The average Bonchev–Trinajstić information content (AvgIpc) is 2.43. The largest absolute Gasteiger partial charge is 0.272 e. The Hall–Kier alpha value is -1.91. The monoisotopic (exact) mass is 191 g/mol. The highest BCUT2D eigenvalue weighted by molar-refractivity contribution is 5.83. The van der Waals surface area contributed by atoms with E-state index in [4.69, 9.17) is 0 Å². The van der Waals surface area contributed by atoms with Crippen molar-refractivity contribution in [1.29, 1.82) is 0 Å². The molecule has 0 fully saturated rings. The van der Waals surface area contributed by atoms with E-state index in [1.54, 1.807) is 16.8 Å². The maximum absolute atomic E-state index is 10.5. The molecule has 2 rings (SSSR count). The number of nitro benzene ring substituents is 1. The van der Waals surface area contributed by atoms with Gasteiger partial charge >= 0.3 is 0 Å². The van der Waals surface area contributed by atoms with Crippen molar-refractivity contribution in [1.82, 2.24) is 9.78 Å². The smallest absolute Gasteiger partial charge is 0.270 e. The normalized spacial score (nSPS) is 10.7. The predicted molar refractivity (Wildman–Crippen MR) is 52.1 cm³/mol. The van der Waals surface area contributed by atoms with Crippen LogP contribution in [-0.4, -0.2) is 14.7 Å². The molecular weight excluding hydrogens is 182 g/mol. The van der Waals surface area contributed by atoms with Crippen LogP contribution in [0.5, 0.6) is 0 Å². The van der Waals surface area contributed by atoms with E-state index in [2.05, 4.69) is 5.10 Å². The summed E-state index contributed by atoms with van der Waals surface area (Å²) in [6.45, 7) is 1.89. The summed E-state index contributed by atoms with van der Waals surface area (Å²) < 4.78 is 1.72. The fourth-order valence-corrected chi connectivity index (χ4v) is 1.43. The van der Waals surface area contributed by atoms with Crippen LogP contribution in [-0.2, 0) is 7.05 Å². The molecule has 0 N–H and O–H groups in total. The third kappa shape index (κ3) is 1.14. The zero-order chi connectivity index (χ0) is 10.3. The third-order valence-corrected chi connectivity index (χ3v) is 2.32. The van der Waals surface area contributed by atoms with E-state index in [0.29, 0.717) is 0 Å². The van der Waals surface area contributed by atoms with Gasteiger partial charge in [-0.15, -0.1) is 0 Å². The molecule has 0 saturated heterocycles. The van der Waals surface area contributed by atoms with Crippen LogP contribution in [0, 0.1) is 17.0 Å². The third-order valence-electron chi connectivity index (χ3n) is 2.32. The molecule has 0 saturated carbocycles. The lowest BCUT2D eigenvalue weighted by atomic mass is 10.2. The molecule has 5 nitrogen and oxygen atoms in total. The van der Waals surface area contributed by atoms with E-state index < -0.39 is 4.92 Å². The fraction of sp³-hybridized carbons (Fsp3) is 0.222. The number of hydrogen-bond acceptors (Lipinski definition) is 3. The van der Waals surface area contributed by atoms with E-state index in [1.807, 2.05) is 14.0 Å². The van der Waals surface area contributed by atoms with Crippen molar-refractivity contribution >= 4 is 16.6 Å². The molecule has 0 aliphatic rings. The summed E-state index contributed by atoms with van der Waals surface area (Å²) in [5, 5.41) is 15.6. The fourth-order valence-electron chi connectivity index (χ4n) is 1.43. The summed E-state index contributed by atoms with van der Waals surface area (Å²) in [7, 11) is 1.82. The Morgan fingerprint density at radius 3 is 2.86 bits per heavy atom. The molecule has 0 aliphatic heterocycles. The van der Waals surface area contributed by atoms with Gasteiger partial charge in [0.25, 0.3) is 5.69 Å². The second-order valence-electron chi connectivity index (χ2n) is 3.17. The van der Waals surface area contributed by atoms with Gasteiger partial charge in [0.15, 0.2) is 0 Å². The molecule has 1 aromatic carbocycles. The molecule has 0 bridgehead atoms. The van der Waals surface area contributed by atoms with E-state index >= 15 is 0 Å². The Morgan fingerprint density at radius 1 is 1.50 bits per heavy atom. The quantitative estimate of drug-likeness (QED) is 0.510. The van der Waals surface area contributed by atoms with Crippen molar-refractivity contribution in [2.24, 2.45) is 7.05 Å². The van der Waals surface area contributed by atoms with Crippen LogP contribution < -0.4 is 0 Å². The van der Waals surface area contributed by atoms with Gasteiger partial charge in [0.2, 0.25) is 0 Å². The lowest BCUT2D eigenvalue weighted by Crippen LogP contribution is -1.91. The number of non-ortho nitro benzene ring substituents is 1. The second-order valence-corrected chi connectivity index (χ2v) is 3.17. The molecule has 0 amide bonds. The van der Waals surface area contributed by atoms with Crippen molar-refractivity contribution in [3.63, 3.8) is 0 Å². The van der Waals surface area contributed by atoms with E-state index in [9.17, 15) is 10.1 Å². The molecule has 0 aliphatic carbocycles. The van der Waals surface area contributed by atoms with Crippen molar-refractivity contribution in [2.75, 3.05) is 0 Å². The number of nitro groups is 1. The Bertz CT molecular complexity index is 516. The molecule has 1 aromatic heterocycles. The zero-order valence-corrected chi connectivity index (χ0v) is 7.89. The lowest BCUT2D eigenvalue weighted by Gasteiger charge is -1.92. The van der Waals surface area contributed by atoms with Crippen molar-refractivity contribution < 1.29 is 4.92 Å². The minimum atomic E-state index is -0.397. The van der Waals surface area contributed by atoms with Crippen molar-refractivity contribution in [3.05, 3.63) is 34.0 Å². The predicted octanol–water partition coefficient (Wildman–Crippen LogP) is 1.79. The van der Waals surface area contributed by atoms with Crippen molar-refractivity contribution in [3.8, 4) is 0 Å². The summed E-state index contributed by atoms with van der Waals surface area (Å²) in [4.78, 5) is 10.1. The Balaban J connectivity index is 2.76. The Morgan fingerprint density at radius 2 is 2.21 bits per heavy atom. The van der Waals surface area contributed by atoms with Gasteiger partial charge in [-0.2, -0.15) is 5.10 Å². The second kappa shape index (κ2) is 2.80. The van der Waals surface area contributed by atoms with Crippen LogP contribution in [0.3, 0.4) is 0 Å². The minimum Gasteiger partial charge on any atom is -0.272 e. The van der Waals surface area contributed by atoms with Gasteiger partial charge in [-0.25, -0.2) is 0 Å². The first kappa shape index (κ1) is 8.68. The van der Waals surface area contributed by atoms with Gasteiger partial charge in [0.05, 0.1) is 10.4 Å². The van der Waals surface area contributed by atoms with Gasteiger partial charge < -0.3 is 0 Å². The highest BCUT2D eigenvalue weighted by Crippen LogP contribution is 2.22. The van der Waals surface area contributed by atoms with Gasteiger partial charge in [-0.05, 0) is 13.0 Å². The van der Waals surface area contributed by atoms with E-state index in [-0.39, 0.29) is 5.69 Å². The molecule has 2 aromatic rings. The SMILES string of the molecule is Cc1c2cc([N+](=O)[O-])ccc2nn1C. The topological polar surface area (TPSA) is 61.0 Å². The Labute approximate surface area is 80.1 Å². The van der Waals surface area contributed by atoms with E-state index in [1.165, 1.54) is 6.07 Å². The first-order chi connectivity index (χ1) is 6.59. The molecule has 0 radical (unpaired) electrons. The Kier molecular flexibility index (Phi) is 1.73. The molecule has 72 valence electrons. The first-order valence-electron chi connectivity index (χ1n) is 4.17. The standard InChI is InChI=1S/C9H9N3O2/c1-6-8-5-7(12(13)14)3-4-9(8)10-11(6)2/h3-5H,1-2H3. The minimum absolute atomic E-state index is 0.105. The summed E-state index contributed by atoms with van der Waals surface area (Å²) in [5.41, 5.74) is 1.83. The summed E-state index contributed by atoms with van der Waals surface area (Å²) in [5.74, 6) is 0. The zero-order valence-electron chi connectivity index (χ0n) is 7.89. The number of aromatic nitrogens is 2. The maximum Gasteiger partial charge on any atom is 0.270 e. The van der Waals surface area contributed by atoms with Crippen molar-refractivity contribution in [2.45, 2.75) is 6.92 Å². The number of benzene rings is 1. The number of nitrogens with zero attached hydrogens (tertiary/aromatic N) is 3. The van der Waals surface area contributed by atoms with Crippen LogP contribution in [0.2, 0.25) is 0 Å².